The molecule has 1 aliphatic carbocycles. The van der Waals surface area contributed by atoms with Crippen LogP contribution in [0.5, 0.6) is 11.5 Å². The van der Waals surface area contributed by atoms with E-state index in [1.165, 1.54) is 5.56 Å². The van der Waals surface area contributed by atoms with Gasteiger partial charge in [0.05, 0.1) is 5.92 Å². The average molecular weight is 379 g/mol. The van der Waals surface area contributed by atoms with E-state index >= 15 is 0 Å². The number of aryl methyl sites for hydroxylation is 1. The molecule has 0 aliphatic heterocycles. The van der Waals surface area contributed by atoms with E-state index in [2.05, 4.69) is 0 Å². The second-order valence-electron chi connectivity index (χ2n) is 6.81. The number of rotatable bonds is 4. The first-order chi connectivity index (χ1) is 13.1. The van der Waals surface area contributed by atoms with Gasteiger partial charge >= 0.3 is 5.97 Å². The molecule has 0 spiro atoms. The Hall–Kier alpha value is -2.78. The highest BCUT2D eigenvalue weighted by Crippen LogP contribution is 2.35. The molecule has 4 heteroatoms. The fraction of sp³-hybridized carbons (Fsp3) is 0.174. The van der Waals surface area contributed by atoms with Crippen molar-refractivity contribution in [1.29, 1.82) is 0 Å². The molecule has 1 atom stereocenters. The van der Waals surface area contributed by atoms with Gasteiger partial charge in [0.25, 0.3) is 0 Å². The minimum Gasteiger partial charge on any atom is -0.481 e. The van der Waals surface area contributed by atoms with Crippen molar-refractivity contribution in [1.82, 2.24) is 0 Å². The minimum absolute atomic E-state index is 0.311. The van der Waals surface area contributed by atoms with Gasteiger partial charge in [-0.05, 0) is 66.3 Å². The number of hydrogen-bond acceptors (Lipinski definition) is 2. The molecule has 0 fully saturated rings. The molecule has 0 radical (unpaired) electrons. The Balaban J connectivity index is 1.63. The number of carboxylic acid groups (broad SMARTS) is 1. The summed E-state index contributed by atoms with van der Waals surface area (Å²) in [6.07, 6.45) is 2.05. The molecule has 1 N–H and O–H groups in total. The van der Waals surface area contributed by atoms with Crippen LogP contribution in [0, 0.1) is 5.92 Å². The molecule has 4 rings (SSSR count). The van der Waals surface area contributed by atoms with E-state index in [0.29, 0.717) is 17.9 Å². The van der Waals surface area contributed by atoms with Crippen molar-refractivity contribution >= 4 is 17.6 Å². The van der Waals surface area contributed by atoms with Crippen LogP contribution in [0.1, 0.15) is 17.5 Å². The molecule has 1 aliphatic rings. The lowest BCUT2D eigenvalue weighted by Crippen LogP contribution is -2.22. The Bertz CT molecular complexity index is 979. The van der Waals surface area contributed by atoms with Gasteiger partial charge in [-0.3, -0.25) is 4.79 Å². The number of benzene rings is 3. The van der Waals surface area contributed by atoms with Crippen LogP contribution in [0.2, 0.25) is 5.02 Å². The highest BCUT2D eigenvalue weighted by Gasteiger charge is 2.24. The first-order valence-corrected chi connectivity index (χ1v) is 9.35. The van der Waals surface area contributed by atoms with Crippen LogP contribution in [0.3, 0.4) is 0 Å². The Morgan fingerprint density at radius 1 is 1.00 bits per heavy atom. The van der Waals surface area contributed by atoms with E-state index in [1.54, 1.807) is 0 Å². The zero-order valence-electron chi connectivity index (χ0n) is 14.7. The van der Waals surface area contributed by atoms with Crippen molar-refractivity contribution < 1.29 is 14.6 Å². The molecular weight excluding hydrogens is 360 g/mol. The van der Waals surface area contributed by atoms with Crippen molar-refractivity contribution in [2.45, 2.75) is 19.3 Å². The van der Waals surface area contributed by atoms with E-state index < -0.39 is 5.97 Å². The number of hydrogen-bond donors (Lipinski definition) is 1. The van der Waals surface area contributed by atoms with Crippen molar-refractivity contribution in [3.05, 3.63) is 82.9 Å². The van der Waals surface area contributed by atoms with Crippen molar-refractivity contribution in [2.75, 3.05) is 0 Å². The van der Waals surface area contributed by atoms with Gasteiger partial charge in [0.15, 0.2) is 0 Å². The maximum Gasteiger partial charge on any atom is 0.306 e. The van der Waals surface area contributed by atoms with E-state index in [1.807, 2.05) is 66.7 Å². The van der Waals surface area contributed by atoms with Gasteiger partial charge in [0.1, 0.15) is 11.5 Å². The van der Waals surface area contributed by atoms with Gasteiger partial charge in [0, 0.05) is 10.6 Å². The van der Waals surface area contributed by atoms with Gasteiger partial charge in [-0.2, -0.15) is 0 Å². The second-order valence-corrected chi connectivity index (χ2v) is 7.25. The molecule has 3 aromatic carbocycles. The molecule has 0 aromatic heterocycles. The molecule has 27 heavy (non-hydrogen) atoms. The lowest BCUT2D eigenvalue weighted by atomic mass is 9.84. The third-order valence-corrected chi connectivity index (χ3v) is 5.28. The van der Waals surface area contributed by atoms with Crippen LogP contribution in [-0.4, -0.2) is 11.1 Å². The summed E-state index contributed by atoms with van der Waals surface area (Å²) >= 11 is 6.00. The van der Waals surface area contributed by atoms with E-state index in [9.17, 15) is 9.90 Å². The van der Waals surface area contributed by atoms with Crippen LogP contribution in [0.25, 0.3) is 11.1 Å². The van der Waals surface area contributed by atoms with Gasteiger partial charge in [-0.25, -0.2) is 0 Å². The molecule has 3 aromatic rings. The first kappa shape index (κ1) is 17.6. The number of carboxylic acids is 1. The second kappa shape index (κ2) is 7.45. The SMILES string of the molecule is O=C(O)C1CCc2ccc(Oc3ccccc3-c3ccc(Cl)cc3)cc2C1. The number of fused-ring (bicyclic) bond motifs is 1. The lowest BCUT2D eigenvalue weighted by molar-refractivity contribution is -0.142. The summed E-state index contributed by atoms with van der Waals surface area (Å²) in [5, 5.41) is 10.0. The molecule has 0 amide bonds. The number of aliphatic carboxylic acids is 1. The van der Waals surface area contributed by atoms with Gasteiger partial charge < -0.3 is 9.84 Å². The third-order valence-electron chi connectivity index (χ3n) is 5.03. The summed E-state index contributed by atoms with van der Waals surface area (Å²) in [6, 6.07) is 21.5. The molecule has 0 saturated carbocycles. The minimum atomic E-state index is -0.722. The summed E-state index contributed by atoms with van der Waals surface area (Å²) < 4.78 is 6.18. The number of carbonyl (C=O) groups is 1. The highest BCUT2D eigenvalue weighted by molar-refractivity contribution is 6.30. The Kier molecular flexibility index (Phi) is 4.87. The van der Waals surface area contributed by atoms with Crippen molar-refractivity contribution in [3.8, 4) is 22.6 Å². The van der Waals surface area contributed by atoms with Crippen LogP contribution >= 0.6 is 11.6 Å². The predicted molar refractivity (Wildman–Crippen MR) is 107 cm³/mol. The summed E-state index contributed by atoms with van der Waals surface area (Å²) in [6.45, 7) is 0. The summed E-state index contributed by atoms with van der Waals surface area (Å²) in [4.78, 5) is 11.3. The lowest BCUT2D eigenvalue weighted by Gasteiger charge is -2.22. The average Bonchev–Trinajstić information content (AvgIpc) is 2.68. The number of para-hydroxylation sites is 1. The molecule has 3 nitrogen and oxygen atoms in total. The van der Waals surface area contributed by atoms with E-state index in [-0.39, 0.29) is 5.92 Å². The molecule has 0 bridgehead atoms. The maximum atomic E-state index is 11.3. The first-order valence-electron chi connectivity index (χ1n) is 8.97. The molecule has 0 saturated heterocycles. The van der Waals surface area contributed by atoms with Gasteiger partial charge in [-0.1, -0.05) is 48.0 Å². The molecule has 136 valence electrons. The normalized spacial score (nSPS) is 15.8. The number of ether oxygens (including phenoxy) is 1. The van der Waals surface area contributed by atoms with Crippen LogP contribution in [0.15, 0.2) is 66.7 Å². The quantitative estimate of drug-likeness (QED) is 0.606. The zero-order valence-corrected chi connectivity index (χ0v) is 15.4. The largest absolute Gasteiger partial charge is 0.481 e. The van der Waals surface area contributed by atoms with Crippen LogP contribution in [-0.2, 0) is 17.6 Å². The fourth-order valence-electron chi connectivity index (χ4n) is 3.56. The smallest absolute Gasteiger partial charge is 0.306 e. The van der Waals surface area contributed by atoms with E-state index in [4.69, 9.17) is 16.3 Å². The Labute approximate surface area is 163 Å². The molecule has 1 unspecified atom stereocenters. The van der Waals surface area contributed by atoms with Gasteiger partial charge in [-0.15, -0.1) is 0 Å². The Morgan fingerprint density at radius 2 is 1.78 bits per heavy atom. The topological polar surface area (TPSA) is 46.5 Å². The molecular formula is C23H19ClO3. The van der Waals surface area contributed by atoms with Crippen LogP contribution in [0.4, 0.5) is 0 Å². The van der Waals surface area contributed by atoms with Crippen molar-refractivity contribution in [3.63, 3.8) is 0 Å². The fourth-order valence-corrected chi connectivity index (χ4v) is 3.68. The van der Waals surface area contributed by atoms with Crippen LogP contribution < -0.4 is 4.74 Å². The monoisotopic (exact) mass is 378 g/mol. The van der Waals surface area contributed by atoms with Gasteiger partial charge in [0.2, 0.25) is 0 Å². The van der Waals surface area contributed by atoms with E-state index in [0.717, 1.165) is 34.6 Å². The third kappa shape index (κ3) is 3.83. The summed E-state index contributed by atoms with van der Waals surface area (Å²) in [5.74, 6) is 0.445. The summed E-state index contributed by atoms with van der Waals surface area (Å²) in [7, 11) is 0. The maximum absolute atomic E-state index is 11.3. The zero-order chi connectivity index (χ0) is 18.8. The molecule has 0 heterocycles. The highest BCUT2D eigenvalue weighted by atomic mass is 35.5. The predicted octanol–water partition coefficient (Wildman–Crippen LogP) is 5.99. The summed E-state index contributed by atoms with van der Waals surface area (Å²) in [5.41, 5.74) is 4.29. The standard InChI is InChI=1S/C23H19ClO3/c24-19-10-7-16(8-11-19)21-3-1-2-4-22(21)27-20-12-9-15-5-6-17(23(25)26)13-18(15)14-20/h1-4,7-12,14,17H,5-6,13H2,(H,25,26). The van der Waals surface area contributed by atoms with Crippen molar-refractivity contribution in [2.24, 2.45) is 5.92 Å². The Morgan fingerprint density at radius 3 is 2.56 bits per heavy atom. The number of halogens is 1.